The summed E-state index contributed by atoms with van der Waals surface area (Å²) in [4.78, 5) is 21.7. The molecule has 0 fully saturated rings. The number of hydrogen-bond donors (Lipinski definition) is 1. The second-order valence-corrected chi connectivity index (χ2v) is 5.76. The van der Waals surface area contributed by atoms with E-state index < -0.39 is 0 Å². The van der Waals surface area contributed by atoms with Crippen LogP contribution in [0.3, 0.4) is 0 Å². The molecule has 0 saturated carbocycles. The third kappa shape index (κ3) is 2.70. The van der Waals surface area contributed by atoms with Crippen LogP contribution in [0.5, 0.6) is 0 Å². The first-order valence-electron chi connectivity index (χ1n) is 7.87. The molecule has 0 aliphatic heterocycles. The van der Waals surface area contributed by atoms with Crippen molar-refractivity contribution in [3.63, 3.8) is 0 Å². The summed E-state index contributed by atoms with van der Waals surface area (Å²) in [5.74, 6) is 0.457. The van der Waals surface area contributed by atoms with Crippen molar-refractivity contribution in [2.24, 2.45) is 0 Å². The van der Waals surface area contributed by atoms with E-state index in [0.29, 0.717) is 17.2 Å². The van der Waals surface area contributed by atoms with Gasteiger partial charge in [-0.2, -0.15) is 5.26 Å². The van der Waals surface area contributed by atoms with Crippen LogP contribution in [0, 0.1) is 18.3 Å². The monoisotopic (exact) mass is 339 g/mol. The first kappa shape index (κ1) is 15.6. The van der Waals surface area contributed by atoms with Crippen LogP contribution in [0.1, 0.15) is 11.3 Å². The average molecular weight is 339 g/mol. The van der Waals surface area contributed by atoms with Crippen LogP contribution in [0.4, 0.5) is 5.82 Å². The smallest absolute Gasteiger partial charge is 0.183 e. The van der Waals surface area contributed by atoms with Crippen molar-refractivity contribution >= 4 is 16.7 Å². The fourth-order valence-corrected chi connectivity index (χ4v) is 2.63. The van der Waals surface area contributed by atoms with Gasteiger partial charge in [-0.15, -0.1) is 0 Å². The van der Waals surface area contributed by atoms with Gasteiger partial charge in [0.1, 0.15) is 17.5 Å². The van der Waals surface area contributed by atoms with Gasteiger partial charge in [0.2, 0.25) is 0 Å². The molecule has 26 heavy (non-hydrogen) atoms. The maximum Gasteiger partial charge on any atom is 0.183 e. The summed E-state index contributed by atoms with van der Waals surface area (Å²) in [7, 11) is 0. The van der Waals surface area contributed by atoms with Crippen molar-refractivity contribution in [3.05, 3.63) is 60.2 Å². The highest BCUT2D eigenvalue weighted by Gasteiger charge is 2.17. The molecule has 7 heteroatoms. The fourth-order valence-electron chi connectivity index (χ4n) is 2.63. The predicted octanol–water partition coefficient (Wildman–Crippen LogP) is 2.91. The molecule has 0 radical (unpaired) electrons. The molecule has 0 bridgehead atoms. The fraction of sp³-hybridized carbons (Fsp3) is 0.0526. The largest absolute Gasteiger partial charge is 0.381 e. The Morgan fingerprint density at radius 3 is 2.58 bits per heavy atom. The second-order valence-electron chi connectivity index (χ2n) is 5.76. The molecule has 0 atom stereocenters. The number of rotatable bonds is 2. The molecule has 7 nitrogen and oxygen atoms in total. The van der Waals surface area contributed by atoms with Crippen LogP contribution < -0.4 is 5.73 Å². The third-order valence-electron chi connectivity index (χ3n) is 3.90. The highest BCUT2D eigenvalue weighted by atomic mass is 15.0. The van der Waals surface area contributed by atoms with E-state index in [2.05, 4.69) is 24.9 Å². The molecule has 3 aromatic heterocycles. The van der Waals surface area contributed by atoms with Gasteiger partial charge in [-0.25, -0.2) is 19.9 Å². The molecule has 0 aliphatic rings. The molecule has 0 saturated heterocycles. The summed E-state index contributed by atoms with van der Waals surface area (Å²) in [5, 5.41) is 10.2. The van der Waals surface area contributed by atoms with Crippen molar-refractivity contribution in [2.75, 3.05) is 5.73 Å². The van der Waals surface area contributed by atoms with E-state index >= 15 is 0 Å². The number of anilines is 1. The van der Waals surface area contributed by atoms with E-state index in [1.54, 1.807) is 18.6 Å². The van der Waals surface area contributed by atoms with E-state index in [0.717, 1.165) is 22.0 Å². The number of pyridine rings is 1. The molecule has 0 amide bonds. The average Bonchev–Trinajstić information content (AvgIpc) is 2.68. The van der Waals surface area contributed by atoms with E-state index in [1.807, 2.05) is 43.3 Å². The highest BCUT2D eigenvalue weighted by Crippen LogP contribution is 2.30. The van der Waals surface area contributed by atoms with Crippen LogP contribution in [0.25, 0.3) is 33.7 Å². The van der Waals surface area contributed by atoms with Crippen LogP contribution in [-0.4, -0.2) is 24.9 Å². The van der Waals surface area contributed by atoms with Gasteiger partial charge in [0, 0.05) is 29.5 Å². The van der Waals surface area contributed by atoms with Gasteiger partial charge in [0.25, 0.3) is 0 Å². The Kier molecular flexibility index (Phi) is 3.71. The van der Waals surface area contributed by atoms with Crippen LogP contribution in [-0.2, 0) is 0 Å². The number of nitriles is 1. The van der Waals surface area contributed by atoms with E-state index in [9.17, 15) is 5.26 Å². The normalized spacial score (nSPS) is 10.6. The first-order valence-corrected chi connectivity index (χ1v) is 7.87. The van der Waals surface area contributed by atoms with Crippen molar-refractivity contribution < 1.29 is 0 Å². The summed E-state index contributed by atoms with van der Waals surface area (Å²) >= 11 is 0. The highest BCUT2D eigenvalue weighted by molar-refractivity contribution is 5.86. The quantitative estimate of drug-likeness (QED) is 0.597. The Morgan fingerprint density at radius 1 is 1.00 bits per heavy atom. The molecule has 3 heterocycles. The second kappa shape index (κ2) is 6.18. The Balaban J connectivity index is 1.98. The summed E-state index contributed by atoms with van der Waals surface area (Å²) in [6, 6.07) is 11.5. The van der Waals surface area contributed by atoms with Gasteiger partial charge < -0.3 is 5.73 Å². The molecule has 1 aromatic carbocycles. The van der Waals surface area contributed by atoms with Crippen molar-refractivity contribution in [1.82, 2.24) is 24.9 Å². The molecule has 4 rings (SSSR count). The van der Waals surface area contributed by atoms with Gasteiger partial charge >= 0.3 is 0 Å². The Labute approximate surface area is 149 Å². The molecule has 0 unspecified atom stereocenters. The number of aromatic nitrogens is 5. The third-order valence-corrected chi connectivity index (χ3v) is 3.90. The van der Waals surface area contributed by atoms with Crippen molar-refractivity contribution in [3.8, 4) is 28.8 Å². The van der Waals surface area contributed by atoms with E-state index in [1.165, 1.54) is 0 Å². The Hall–Kier alpha value is -3.92. The van der Waals surface area contributed by atoms with Gasteiger partial charge in [-0.05, 0) is 30.7 Å². The standard InChI is InChI=1S/C19H13N7/c1-11-9-23-19(24-10-11)17-16(25-15(8-20)18(21)26-17)13-4-5-14-12(7-13)3-2-6-22-14/h2-7,9-10H,1H3,(H2,21,26). The molecule has 0 spiro atoms. The van der Waals surface area contributed by atoms with Gasteiger partial charge in [-0.1, -0.05) is 12.1 Å². The van der Waals surface area contributed by atoms with Gasteiger partial charge in [0.05, 0.1) is 5.52 Å². The Bertz CT molecular complexity index is 1160. The number of fused-ring (bicyclic) bond motifs is 1. The number of benzene rings is 1. The predicted molar refractivity (Wildman–Crippen MR) is 97.7 cm³/mol. The maximum atomic E-state index is 9.29. The number of nitrogens with zero attached hydrogens (tertiary/aromatic N) is 6. The summed E-state index contributed by atoms with van der Waals surface area (Å²) in [6.07, 6.45) is 5.14. The number of aryl methyl sites for hydroxylation is 1. The molecule has 2 N–H and O–H groups in total. The number of hydrogen-bond acceptors (Lipinski definition) is 7. The van der Waals surface area contributed by atoms with Crippen molar-refractivity contribution in [2.45, 2.75) is 6.92 Å². The van der Waals surface area contributed by atoms with Crippen molar-refractivity contribution in [1.29, 1.82) is 5.26 Å². The maximum absolute atomic E-state index is 9.29. The lowest BCUT2D eigenvalue weighted by atomic mass is 10.1. The van der Waals surface area contributed by atoms with E-state index in [-0.39, 0.29) is 11.5 Å². The molecule has 124 valence electrons. The first-order chi connectivity index (χ1) is 12.7. The topological polar surface area (TPSA) is 114 Å². The molecular weight excluding hydrogens is 326 g/mol. The summed E-state index contributed by atoms with van der Waals surface area (Å²) < 4.78 is 0. The van der Waals surface area contributed by atoms with Crippen LogP contribution >= 0.6 is 0 Å². The zero-order valence-electron chi connectivity index (χ0n) is 13.9. The summed E-state index contributed by atoms with van der Waals surface area (Å²) in [5.41, 5.74) is 9.47. The van der Waals surface area contributed by atoms with Gasteiger partial charge in [0.15, 0.2) is 17.3 Å². The minimum absolute atomic E-state index is 0.0536. The molecule has 0 aliphatic carbocycles. The number of nitrogen functional groups attached to an aromatic ring is 1. The van der Waals surface area contributed by atoms with Crippen LogP contribution in [0.2, 0.25) is 0 Å². The number of nitrogens with two attached hydrogens (primary N) is 1. The van der Waals surface area contributed by atoms with Gasteiger partial charge in [-0.3, -0.25) is 4.98 Å². The molecular formula is C19H13N7. The SMILES string of the molecule is Cc1cnc(-c2nc(N)c(C#N)nc2-c2ccc3ncccc3c2)nc1. The zero-order valence-corrected chi connectivity index (χ0v) is 13.9. The van der Waals surface area contributed by atoms with E-state index in [4.69, 9.17) is 5.73 Å². The van der Waals surface area contributed by atoms with Crippen LogP contribution in [0.15, 0.2) is 48.9 Å². The Morgan fingerprint density at radius 2 is 1.81 bits per heavy atom. The lowest BCUT2D eigenvalue weighted by Crippen LogP contribution is -2.05. The lowest BCUT2D eigenvalue weighted by Gasteiger charge is -2.10. The minimum atomic E-state index is 0.0536. The minimum Gasteiger partial charge on any atom is -0.381 e. The molecule has 4 aromatic rings. The lowest BCUT2D eigenvalue weighted by molar-refractivity contribution is 1.09. The zero-order chi connectivity index (χ0) is 18.1. The summed E-state index contributed by atoms with van der Waals surface area (Å²) in [6.45, 7) is 1.90.